The maximum Gasteiger partial charge on any atom is 0.140 e. The quantitative estimate of drug-likeness (QED) is 0.434. The van der Waals surface area contributed by atoms with Gasteiger partial charge in [0.05, 0.1) is 10.9 Å². The second kappa shape index (κ2) is 3.36. The van der Waals surface area contributed by atoms with Gasteiger partial charge in [-0.2, -0.15) is 0 Å². The summed E-state index contributed by atoms with van der Waals surface area (Å²) in [7, 11) is 2.09. The van der Waals surface area contributed by atoms with Crippen LogP contribution in [0.25, 0.3) is 32.8 Å². The van der Waals surface area contributed by atoms with Crippen molar-refractivity contribution in [3.63, 3.8) is 0 Å². The van der Waals surface area contributed by atoms with Crippen LogP contribution in [0.3, 0.4) is 0 Å². The summed E-state index contributed by atoms with van der Waals surface area (Å²) in [6, 6.07) is 14.3. The highest BCUT2D eigenvalue weighted by Gasteiger charge is 2.12. The first-order valence-corrected chi connectivity index (χ1v) is 6.00. The lowest BCUT2D eigenvalue weighted by Gasteiger charge is -2.02. The van der Waals surface area contributed by atoms with Gasteiger partial charge in [0.25, 0.3) is 0 Å². The van der Waals surface area contributed by atoms with Gasteiger partial charge in [-0.05, 0) is 23.6 Å². The van der Waals surface area contributed by atoms with Gasteiger partial charge >= 0.3 is 0 Å². The van der Waals surface area contributed by atoms with E-state index in [0.717, 1.165) is 27.5 Å². The van der Waals surface area contributed by atoms with E-state index >= 15 is 0 Å². The van der Waals surface area contributed by atoms with Crippen LogP contribution >= 0.6 is 0 Å². The van der Waals surface area contributed by atoms with Crippen LogP contribution in [-0.4, -0.2) is 12.8 Å². The summed E-state index contributed by atoms with van der Waals surface area (Å²) >= 11 is 0. The average molecular weight is 231 g/mol. The fraction of sp³-hybridized carbons (Fsp3) is 0. The molecule has 0 unspecified atom stereocenters. The number of aromatic nitrogens is 1. The molecule has 2 nitrogen and oxygen atoms in total. The van der Waals surface area contributed by atoms with Crippen LogP contribution in [0.4, 0.5) is 0 Å². The van der Waals surface area contributed by atoms with Gasteiger partial charge in [0, 0.05) is 11.6 Å². The van der Waals surface area contributed by atoms with Crippen molar-refractivity contribution in [1.82, 2.24) is 4.98 Å². The highest BCUT2D eigenvalue weighted by molar-refractivity contribution is 6.41. The third-order valence-corrected chi connectivity index (χ3v) is 3.44. The first-order valence-electron chi connectivity index (χ1n) is 6.00. The second-order valence-electron chi connectivity index (χ2n) is 4.56. The molecule has 0 aliphatic carbocycles. The lowest BCUT2D eigenvalue weighted by molar-refractivity contribution is 0.669. The van der Waals surface area contributed by atoms with E-state index in [2.05, 4.69) is 31.0 Å². The minimum absolute atomic E-state index is 0.917. The van der Waals surface area contributed by atoms with Gasteiger partial charge in [-0.15, -0.1) is 0 Å². The molecule has 84 valence electrons. The Kier molecular flexibility index (Phi) is 1.81. The number of nitrogens with zero attached hydrogens (tertiary/aromatic N) is 1. The van der Waals surface area contributed by atoms with Crippen molar-refractivity contribution in [3.8, 4) is 0 Å². The molecule has 0 radical (unpaired) electrons. The SMILES string of the molecule is Bc1cc2oc3ccccc3c2c2ncccc12. The third-order valence-electron chi connectivity index (χ3n) is 3.44. The minimum Gasteiger partial charge on any atom is -0.456 e. The largest absolute Gasteiger partial charge is 0.456 e. The van der Waals surface area contributed by atoms with E-state index in [1.807, 2.05) is 30.5 Å². The van der Waals surface area contributed by atoms with E-state index in [1.54, 1.807) is 0 Å². The summed E-state index contributed by atoms with van der Waals surface area (Å²) in [5.41, 5.74) is 4.06. The Bertz CT molecular complexity index is 895. The highest BCUT2D eigenvalue weighted by Crippen LogP contribution is 2.32. The van der Waals surface area contributed by atoms with E-state index in [0.29, 0.717) is 0 Å². The molecule has 0 atom stereocenters. The predicted molar refractivity (Wildman–Crippen MR) is 77.2 cm³/mol. The maximum absolute atomic E-state index is 5.90. The van der Waals surface area contributed by atoms with Crippen molar-refractivity contribution in [1.29, 1.82) is 0 Å². The summed E-state index contributed by atoms with van der Waals surface area (Å²) in [4.78, 5) is 4.53. The topological polar surface area (TPSA) is 26.0 Å². The van der Waals surface area contributed by atoms with E-state index in [9.17, 15) is 0 Å². The summed E-state index contributed by atoms with van der Waals surface area (Å²) in [5, 5.41) is 3.44. The Hall–Kier alpha value is -2.29. The lowest BCUT2D eigenvalue weighted by atomic mass is 9.90. The summed E-state index contributed by atoms with van der Waals surface area (Å²) in [5.74, 6) is 0. The smallest absolute Gasteiger partial charge is 0.140 e. The zero-order valence-electron chi connectivity index (χ0n) is 9.97. The molecule has 2 heterocycles. The van der Waals surface area contributed by atoms with E-state index in [1.165, 1.54) is 10.8 Å². The molecule has 2 aromatic heterocycles. The van der Waals surface area contributed by atoms with Crippen LogP contribution in [-0.2, 0) is 0 Å². The minimum atomic E-state index is 0.917. The molecule has 3 heteroatoms. The first-order chi connectivity index (χ1) is 8.84. The molecule has 0 aliphatic heterocycles. The Labute approximate surface area is 105 Å². The summed E-state index contributed by atoms with van der Waals surface area (Å²) < 4.78 is 5.90. The predicted octanol–water partition coefficient (Wildman–Crippen LogP) is 2.39. The van der Waals surface area contributed by atoms with Crippen molar-refractivity contribution in [2.24, 2.45) is 0 Å². The van der Waals surface area contributed by atoms with Gasteiger partial charge in [0.2, 0.25) is 0 Å². The molecule has 0 fully saturated rings. The number of benzene rings is 2. The molecule has 0 aliphatic rings. The van der Waals surface area contributed by atoms with E-state index in [4.69, 9.17) is 4.42 Å². The normalized spacial score (nSPS) is 11.6. The standard InChI is InChI=1S/C15H10BNO/c16-11-8-13-14(15-9(11)5-3-7-17-15)10-4-1-2-6-12(10)18-13/h1-8H,16H2. The van der Waals surface area contributed by atoms with Crippen molar-refractivity contribution in [3.05, 3.63) is 48.7 Å². The molecule has 0 saturated carbocycles. The zero-order chi connectivity index (χ0) is 12.1. The van der Waals surface area contributed by atoms with Gasteiger partial charge in [0.15, 0.2) is 0 Å². The van der Waals surface area contributed by atoms with E-state index < -0.39 is 0 Å². The molecule has 0 N–H and O–H groups in total. The van der Waals surface area contributed by atoms with E-state index in [-0.39, 0.29) is 0 Å². The Morgan fingerprint density at radius 1 is 0.944 bits per heavy atom. The van der Waals surface area contributed by atoms with Gasteiger partial charge < -0.3 is 4.42 Å². The van der Waals surface area contributed by atoms with Gasteiger partial charge in [0.1, 0.15) is 19.0 Å². The number of hydrogen-bond acceptors (Lipinski definition) is 2. The third kappa shape index (κ3) is 1.16. The average Bonchev–Trinajstić information content (AvgIpc) is 2.77. The fourth-order valence-electron chi connectivity index (χ4n) is 2.61. The van der Waals surface area contributed by atoms with Crippen LogP contribution in [0.5, 0.6) is 0 Å². The van der Waals surface area contributed by atoms with Gasteiger partial charge in [-0.1, -0.05) is 29.7 Å². The van der Waals surface area contributed by atoms with Crippen molar-refractivity contribution in [2.45, 2.75) is 0 Å². The number of pyridine rings is 1. The molecule has 4 aromatic rings. The van der Waals surface area contributed by atoms with Crippen LogP contribution < -0.4 is 5.46 Å². The molecule has 18 heavy (non-hydrogen) atoms. The summed E-state index contributed by atoms with van der Waals surface area (Å²) in [6.07, 6.45) is 1.84. The molecule has 0 amide bonds. The molecule has 0 bridgehead atoms. The first kappa shape index (κ1) is 9.72. The zero-order valence-corrected chi connectivity index (χ0v) is 9.97. The Balaban J connectivity index is 2.39. The van der Waals surface area contributed by atoms with Gasteiger partial charge in [-0.25, -0.2) is 0 Å². The van der Waals surface area contributed by atoms with Crippen LogP contribution in [0.15, 0.2) is 53.1 Å². The number of hydrogen-bond donors (Lipinski definition) is 0. The maximum atomic E-state index is 5.90. The molecule has 0 saturated heterocycles. The fourth-order valence-corrected chi connectivity index (χ4v) is 2.61. The monoisotopic (exact) mass is 231 g/mol. The second-order valence-corrected chi connectivity index (χ2v) is 4.56. The lowest BCUT2D eigenvalue weighted by Crippen LogP contribution is -2.03. The van der Waals surface area contributed by atoms with Crippen molar-refractivity contribution in [2.75, 3.05) is 0 Å². The van der Waals surface area contributed by atoms with Crippen LogP contribution in [0.2, 0.25) is 0 Å². The van der Waals surface area contributed by atoms with Gasteiger partial charge in [-0.3, -0.25) is 4.98 Å². The molecule has 0 spiro atoms. The van der Waals surface area contributed by atoms with Crippen molar-refractivity contribution < 1.29 is 4.42 Å². The summed E-state index contributed by atoms with van der Waals surface area (Å²) in [6.45, 7) is 0. The number of furan rings is 1. The van der Waals surface area contributed by atoms with Crippen LogP contribution in [0.1, 0.15) is 0 Å². The Morgan fingerprint density at radius 2 is 1.78 bits per heavy atom. The molecular weight excluding hydrogens is 221 g/mol. The molecule has 4 rings (SSSR count). The molecular formula is C15H10BNO. The number of fused-ring (bicyclic) bond motifs is 5. The number of rotatable bonds is 0. The molecule has 2 aromatic carbocycles. The number of para-hydroxylation sites is 1. The highest BCUT2D eigenvalue weighted by atomic mass is 16.3. The van der Waals surface area contributed by atoms with Crippen LogP contribution in [0, 0.1) is 0 Å². The van der Waals surface area contributed by atoms with Crippen molar-refractivity contribution >= 4 is 46.2 Å². The Morgan fingerprint density at radius 3 is 2.72 bits per heavy atom.